The second kappa shape index (κ2) is 9.79. The van der Waals surface area contributed by atoms with Gasteiger partial charge >= 0.3 is 0 Å². The van der Waals surface area contributed by atoms with E-state index < -0.39 is 5.41 Å². The van der Waals surface area contributed by atoms with Gasteiger partial charge < -0.3 is 15.4 Å². The van der Waals surface area contributed by atoms with E-state index in [1.165, 1.54) is 0 Å². The number of benzene rings is 2. The first kappa shape index (κ1) is 21.9. The Kier molecular flexibility index (Phi) is 7.14. The highest BCUT2D eigenvalue weighted by atomic mass is 16.5. The molecule has 3 rings (SSSR count). The highest BCUT2D eigenvalue weighted by Gasteiger charge is 2.40. The Morgan fingerprint density at radius 2 is 1.73 bits per heavy atom. The van der Waals surface area contributed by atoms with Gasteiger partial charge in [0, 0.05) is 18.2 Å². The molecule has 0 radical (unpaired) electrons. The number of carbonyl (C=O) groups is 2. The Morgan fingerprint density at radius 3 is 2.37 bits per heavy atom. The van der Waals surface area contributed by atoms with Gasteiger partial charge in [0.2, 0.25) is 11.8 Å². The molecule has 160 valence electrons. The third-order valence-electron chi connectivity index (χ3n) is 5.96. The fourth-order valence-electron chi connectivity index (χ4n) is 4.10. The Morgan fingerprint density at radius 1 is 1.03 bits per heavy atom. The summed E-state index contributed by atoms with van der Waals surface area (Å²) in [5.41, 5.74) is 2.28. The molecule has 0 unspecified atom stereocenters. The fourth-order valence-corrected chi connectivity index (χ4v) is 4.10. The van der Waals surface area contributed by atoms with Gasteiger partial charge in [-0.3, -0.25) is 9.59 Å². The zero-order valence-electron chi connectivity index (χ0n) is 18.2. The molecule has 2 aromatic carbocycles. The van der Waals surface area contributed by atoms with Gasteiger partial charge in [-0.2, -0.15) is 0 Å². The van der Waals surface area contributed by atoms with Crippen molar-refractivity contribution in [3.05, 3.63) is 59.7 Å². The van der Waals surface area contributed by atoms with Crippen molar-refractivity contribution in [1.82, 2.24) is 5.32 Å². The van der Waals surface area contributed by atoms with Gasteiger partial charge in [-0.25, -0.2) is 0 Å². The smallest absolute Gasteiger partial charge is 0.230 e. The van der Waals surface area contributed by atoms with Crippen LogP contribution in [0.1, 0.15) is 57.1 Å². The van der Waals surface area contributed by atoms with E-state index in [4.69, 9.17) is 4.74 Å². The van der Waals surface area contributed by atoms with E-state index in [0.717, 1.165) is 54.7 Å². The second-order valence-electron chi connectivity index (χ2n) is 8.40. The van der Waals surface area contributed by atoms with Crippen molar-refractivity contribution < 1.29 is 14.3 Å². The van der Waals surface area contributed by atoms with E-state index in [2.05, 4.69) is 10.6 Å². The quantitative estimate of drug-likeness (QED) is 0.691. The zero-order chi connectivity index (χ0) is 21.6. The normalized spacial score (nSPS) is 15.5. The van der Waals surface area contributed by atoms with Crippen molar-refractivity contribution in [2.45, 2.75) is 57.9 Å². The van der Waals surface area contributed by atoms with Crippen LogP contribution in [0.25, 0.3) is 0 Å². The molecule has 0 atom stereocenters. The number of hydrogen-bond acceptors (Lipinski definition) is 3. The van der Waals surface area contributed by atoms with Gasteiger partial charge in [-0.1, -0.05) is 57.4 Å². The van der Waals surface area contributed by atoms with Crippen LogP contribution in [-0.4, -0.2) is 18.9 Å². The maximum Gasteiger partial charge on any atom is 0.230 e. The number of nitrogens with one attached hydrogen (secondary N) is 2. The summed E-state index contributed by atoms with van der Waals surface area (Å²) in [6.45, 7) is 4.21. The number of methoxy groups -OCH3 is 1. The first-order valence-electron chi connectivity index (χ1n) is 10.8. The molecule has 1 aliphatic carbocycles. The lowest BCUT2D eigenvalue weighted by Crippen LogP contribution is -2.45. The van der Waals surface area contributed by atoms with Crippen LogP contribution < -0.4 is 15.4 Å². The summed E-state index contributed by atoms with van der Waals surface area (Å²) in [6, 6.07) is 15.6. The standard InChI is InChI=1S/C25H32N2O3/c1-18(2)23(28)27-21-12-10-20(11-13-21)25(14-5-4-6-15-25)24(29)26-17-19-8-7-9-22(16-19)30-3/h7-13,16,18H,4-6,14-15,17H2,1-3H3,(H,26,29)(H,27,28). The predicted octanol–water partition coefficient (Wildman–Crippen LogP) is 4.81. The first-order chi connectivity index (χ1) is 14.4. The molecule has 2 N–H and O–H groups in total. The number of rotatable bonds is 7. The van der Waals surface area contributed by atoms with E-state index in [1.807, 2.05) is 62.4 Å². The largest absolute Gasteiger partial charge is 0.497 e. The predicted molar refractivity (Wildman–Crippen MR) is 120 cm³/mol. The molecule has 1 fully saturated rings. The Bertz CT molecular complexity index is 868. The molecule has 2 aromatic rings. The zero-order valence-corrected chi connectivity index (χ0v) is 18.2. The summed E-state index contributed by atoms with van der Waals surface area (Å²) in [4.78, 5) is 25.3. The van der Waals surface area contributed by atoms with E-state index in [-0.39, 0.29) is 17.7 Å². The SMILES string of the molecule is COc1cccc(CNC(=O)C2(c3ccc(NC(=O)C(C)C)cc3)CCCCC2)c1. The van der Waals surface area contributed by atoms with Gasteiger partial charge in [0.25, 0.3) is 0 Å². The average Bonchev–Trinajstić information content (AvgIpc) is 2.78. The molecule has 0 spiro atoms. The topological polar surface area (TPSA) is 67.4 Å². The molecule has 0 saturated heterocycles. The van der Waals surface area contributed by atoms with Crippen molar-refractivity contribution in [3.63, 3.8) is 0 Å². The van der Waals surface area contributed by atoms with Crippen molar-refractivity contribution >= 4 is 17.5 Å². The minimum Gasteiger partial charge on any atom is -0.497 e. The maximum atomic E-state index is 13.4. The van der Waals surface area contributed by atoms with E-state index >= 15 is 0 Å². The molecule has 0 aliphatic heterocycles. The minimum atomic E-state index is -0.516. The van der Waals surface area contributed by atoms with Crippen molar-refractivity contribution in [1.29, 1.82) is 0 Å². The second-order valence-corrected chi connectivity index (χ2v) is 8.40. The summed E-state index contributed by atoms with van der Waals surface area (Å²) < 4.78 is 5.28. The number of anilines is 1. The molecule has 0 aromatic heterocycles. The summed E-state index contributed by atoms with van der Waals surface area (Å²) in [5.74, 6) is 0.778. The minimum absolute atomic E-state index is 0.00818. The first-order valence-corrected chi connectivity index (χ1v) is 10.8. The summed E-state index contributed by atoms with van der Waals surface area (Å²) in [5, 5.41) is 6.08. The van der Waals surface area contributed by atoms with Crippen LogP contribution in [0.5, 0.6) is 5.75 Å². The maximum absolute atomic E-state index is 13.4. The Labute approximate surface area is 179 Å². The lowest BCUT2D eigenvalue weighted by molar-refractivity contribution is -0.128. The van der Waals surface area contributed by atoms with Gasteiger partial charge in [-0.15, -0.1) is 0 Å². The lowest BCUT2D eigenvalue weighted by atomic mass is 9.68. The molecule has 0 heterocycles. The van der Waals surface area contributed by atoms with Crippen LogP contribution in [0.2, 0.25) is 0 Å². The molecule has 2 amide bonds. The summed E-state index contributed by atoms with van der Waals surface area (Å²) >= 11 is 0. The average molecular weight is 409 g/mol. The van der Waals surface area contributed by atoms with Crippen molar-refractivity contribution in [3.8, 4) is 5.75 Å². The number of hydrogen-bond donors (Lipinski definition) is 2. The molecule has 5 nitrogen and oxygen atoms in total. The van der Waals surface area contributed by atoms with Crippen LogP contribution in [-0.2, 0) is 21.5 Å². The van der Waals surface area contributed by atoms with E-state index in [9.17, 15) is 9.59 Å². The molecule has 5 heteroatoms. The number of carbonyl (C=O) groups excluding carboxylic acids is 2. The molecule has 30 heavy (non-hydrogen) atoms. The van der Waals surface area contributed by atoms with Crippen LogP contribution in [0.4, 0.5) is 5.69 Å². The van der Waals surface area contributed by atoms with E-state index in [0.29, 0.717) is 6.54 Å². The van der Waals surface area contributed by atoms with Gasteiger partial charge in [0.15, 0.2) is 0 Å². The van der Waals surface area contributed by atoms with E-state index in [1.54, 1.807) is 7.11 Å². The van der Waals surface area contributed by atoms with Gasteiger partial charge in [0.1, 0.15) is 5.75 Å². The third kappa shape index (κ3) is 5.02. The molecule has 1 saturated carbocycles. The van der Waals surface area contributed by atoms with Crippen LogP contribution >= 0.6 is 0 Å². The van der Waals surface area contributed by atoms with Crippen LogP contribution in [0, 0.1) is 5.92 Å². The van der Waals surface area contributed by atoms with Gasteiger partial charge in [0.05, 0.1) is 12.5 Å². The third-order valence-corrected chi connectivity index (χ3v) is 5.96. The van der Waals surface area contributed by atoms with Gasteiger partial charge in [-0.05, 0) is 48.2 Å². The molecular weight excluding hydrogens is 376 g/mol. The lowest BCUT2D eigenvalue weighted by Gasteiger charge is -2.36. The fraction of sp³-hybridized carbons (Fsp3) is 0.440. The van der Waals surface area contributed by atoms with Crippen LogP contribution in [0.15, 0.2) is 48.5 Å². The molecule has 1 aliphatic rings. The highest BCUT2D eigenvalue weighted by molar-refractivity contribution is 5.92. The summed E-state index contributed by atoms with van der Waals surface area (Å²) in [7, 11) is 1.64. The molecule has 0 bridgehead atoms. The van der Waals surface area contributed by atoms with Crippen molar-refractivity contribution in [2.24, 2.45) is 5.92 Å². The Hall–Kier alpha value is -2.82. The molecular formula is C25H32N2O3. The summed E-state index contributed by atoms with van der Waals surface area (Å²) in [6.07, 6.45) is 4.92. The monoisotopic (exact) mass is 408 g/mol. The highest BCUT2D eigenvalue weighted by Crippen LogP contribution is 2.40. The Balaban J connectivity index is 1.76. The number of ether oxygens (including phenoxy) is 1. The van der Waals surface area contributed by atoms with Crippen molar-refractivity contribution in [2.75, 3.05) is 12.4 Å². The number of amides is 2. The van der Waals surface area contributed by atoms with Crippen LogP contribution in [0.3, 0.4) is 0 Å².